The summed E-state index contributed by atoms with van der Waals surface area (Å²) in [6.07, 6.45) is 0. The van der Waals surface area contributed by atoms with Crippen LogP contribution in [0, 0.1) is 0 Å². The van der Waals surface area contributed by atoms with E-state index in [4.69, 9.17) is 10.3 Å². The molecule has 2 aromatic rings. The van der Waals surface area contributed by atoms with Gasteiger partial charge < -0.3 is 10.3 Å². The largest absolute Gasteiger partial charge is 0.379 e. The minimum absolute atomic E-state index is 0.154. The van der Waals surface area contributed by atoms with E-state index in [2.05, 4.69) is 25.1 Å². The lowest BCUT2D eigenvalue weighted by molar-refractivity contribution is 0.310. The van der Waals surface area contributed by atoms with Crippen molar-refractivity contribution >= 4 is 5.82 Å². The summed E-state index contributed by atoms with van der Waals surface area (Å²) >= 11 is 0. The van der Waals surface area contributed by atoms with Gasteiger partial charge in [0.15, 0.2) is 11.5 Å². The van der Waals surface area contributed by atoms with Crippen molar-refractivity contribution in [2.45, 2.75) is 19.8 Å². The van der Waals surface area contributed by atoms with Crippen LogP contribution in [0.1, 0.15) is 25.7 Å². The first-order valence-corrected chi connectivity index (χ1v) is 4.10. The Morgan fingerprint density at radius 2 is 2.00 bits per heavy atom. The third-order valence-electron chi connectivity index (χ3n) is 1.66. The first-order valence-electron chi connectivity index (χ1n) is 4.10. The number of hydrogen-bond acceptors (Lipinski definition) is 7. The third-order valence-corrected chi connectivity index (χ3v) is 1.66. The Labute approximate surface area is 79.2 Å². The fraction of sp³-hybridized carbons (Fsp3) is 0.429. The first kappa shape index (κ1) is 8.67. The summed E-state index contributed by atoms with van der Waals surface area (Å²) in [5.74, 6) is 1.15. The van der Waals surface area contributed by atoms with E-state index in [9.17, 15) is 0 Å². The molecule has 74 valence electrons. The quantitative estimate of drug-likeness (QED) is 0.756. The van der Waals surface area contributed by atoms with Crippen LogP contribution in [0.2, 0.25) is 0 Å². The number of nitrogens with zero attached hydrogens (tertiary/aromatic N) is 4. The molecule has 2 N–H and O–H groups in total. The molecule has 0 atom stereocenters. The second-order valence-electron chi connectivity index (χ2n) is 3.11. The molecule has 2 rings (SSSR count). The zero-order chi connectivity index (χ0) is 10.1. The number of aromatic nitrogens is 4. The summed E-state index contributed by atoms with van der Waals surface area (Å²) in [6, 6.07) is 0. The van der Waals surface area contributed by atoms with E-state index in [1.807, 2.05) is 13.8 Å². The highest BCUT2D eigenvalue weighted by Crippen LogP contribution is 2.20. The third kappa shape index (κ3) is 1.32. The molecule has 2 heterocycles. The molecule has 0 aromatic carbocycles. The highest BCUT2D eigenvalue weighted by Gasteiger charge is 2.17. The Morgan fingerprint density at radius 3 is 2.50 bits per heavy atom. The van der Waals surface area contributed by atoms with Gasteiger partial charge in [-0.1, -0.05) is 19.0 Å². The monoisotopic (exact) mass is 195 g/mol. The van der Waals surface area contributed by atoms with Crippen LogP contribution in [0.5, 0.6) is 0 Å². The van der Waals surface area contributed by atoms with Crippen molar-refractivity contribution in [3.8, 4) is 11.5 Å². The van der Waals surface area contributed by atoms with Crippen LogP contribution in [0.4, 0.5) is 5.82 Å². The van der Waals surface area contributed by atoms with E-state index in [0.29, 0.717) is 17.4 Å². The predicted molar refractivity (Wildman–Crippen MR) is 46.1 cm³/mol. The molecule has 0 saturated heterocycles. The number of hydrogen-bond donors (Lipinski definition) is 1. The minimum Gasteiger partial charge on any atom is -0.379 e. The fourth-order valence-electron chi connectivity index (χ4n) is 0.916. The number of anilines is 1. The van der Waals surface area contributed by atoms with Gasteiger partial charge in [0.05, 0.1) is 0 Å². The van der Waals surface area contributed by atoms with Crippen LogP contribution in [0.15, 0.2) is 9.15 Å². The van der Waals surface area contributed by atoms with Crippen LogP contribution in [-0.4, -0.2) is 20.5 Å². The van der Waals surface area contributed by atoms with E-state index in [-0.39, 0.29) is 11.7 Å². The van der Waals surface area contributed by atoms with Gasteiger partial charge in [0.25, 0.3) is 0 Å². The van der Waals surface area contributed by atoms with Gasteiger partial charge in [0.1, 0.15) is 0 Å². The normalized spacial score (nSPS) is 11.1. The summed E-state index contributed by atoms with van der Waals surface area (Å²) < 4.78 is 9.40. The molecule has 0 aliphatic heterocycles. The fourth-order valence-corrected chi connectivity index (χ4v) is 0.916. The molecular weight excluding hydrogens is 186 g/mol. The van der Waals surface area contributed by atoms with E-state index >= 15 is 0 Å². The van der Waals surface area contributed by atoms with E-state index in [0.717, 1.165) is 0 Å². The maximum Gasteiger partial charge on any atom is 0.229 e. The number of nitrogen functional groups attached to an aromatic ring is 1. The van der Waals surface area contributed by atoms with Crippen LogP contribution < -0.4 is 5.73 Å². The molecule has 0 aliphatic rings. The Hall–Kier alpha value is -1.92. The highest BCUT2D eigenvalue weighted by molar-refractivity contribution is 5.61. The number of rotatable bonds is 2. The molecule has 0 saturated carbocycles. The molecule has 0 radical (unpaired) electrons. The van der Waals surface area contributed by atoms with E-state index in [1.165, 1.54) is 0 Å². The van der Waals surface area contributed by atoms with Crippen molar-refractivity contribution in [3.63, 3.8) is 0 Å². The summed E-state index contributed by atoms with van der Waals surface area (Å²) in [6.45, 7) is 3.89. The molecule has 7 nitrogen and oxygen atoms in total. The zero-order valence-corrected chi connectivity index (χ0v) is 7.76. The van der Waals surface area contributed by atoms with Crippen molar-refractivity contribution in [3.05, 3.63) is 5.89 Å². The minimum atomic E-state index is 0.154. The summed E-state index contributed by atoms with van der Waals surface area (Å²) in [4.78, 5) is 4.09. The van der Waals surface area contributed by atoms with Crippen LogP contribution >= 0.6 is 0 Å². The van der Waals surface area contributed by atoms with Gasteiger partial charge in [0.2, 0.25) is 11.7 Å². The highest BCUT2D eigenvalue weighted by atomic mass is 16.6. The Morgan fingerprint density at radius 1 is 1.21 bits per heavy atom. The molecular formula is C7H9N5O2. The molecule has 0 amide bonds. The van der Waals surface area contributed by atoms with Gasteiger partial charge in [0, 0.05) is 5.92 Å². The van der Waals surface area contributed by atoms with Gasteiger partial charge in [-0.15, -0.1) is 0 Å². The van der Waals surface area contributed by atoms with Gasteiger partial charge in [-0.3, -0.25) is 0 Å². The molecule has 0 aliphatic carbocycles. The molecule has 0 spiro atoms. The second kappa shape index (κ2) is 3.09. The SMILES string of the molecule is CC(C)c1nc(-c2nonc2N)no1. The van der Waals surface area contributed by atoms with Crippen LogP contribution in [0.3, 0.4) is 0 Å². The molecule has 2 aromatic heterocycles. The van der Waals surface area contributed by atoms with Crippen LogP contribution in [0.25, 0.3) is 11.5 Å². The topological polar surface area (TPSA) is 104 Å². The summed E-state index contributed by atoms with van der Waals surface area (Å²) in [7, 11) is 0. The Balaban J connectivity index is 2.39. The van der Waals surface area contributed by atoms with Crippen molar-refractivity contribution < 1.29 is 9.15 Å². The van der Waals surface area contributed by atoms with Crippen molar-refractivity contribution in [2.24, 2.45) is 0 Å². The number of nitrogens with two attached hydrogens (primary N) is 1. The average Bonchev–Trinajstić information content (AvgIpc) is 2.71. The molecule has 14 heavy (non-hydrogen) atoms. The maximum absolute atomic E-state index is 5.47. The van der Waals surface area contributed by atoms with Crippen molar-refractivity contribution in [1.29, 1.82) is 0 Å². The van der Waals surface area contributed by atoms with Gasteiger partial charge >= 0.3 is 0 Å². The van der Waals surface area contributed by atoms with Crippen molar-refractivity contribution in [2.75, 3.05) is 5.73 Å². The van der Waals surface area contributed by atoms with Gasteiger partial charge in [-0.25, -0.2) is 4.63 Å². The average molecular weight is 195 g/mol. The van der Waals surface area contributed by atoms with Gasteiger partial charge in [-0.05, 0) is 10.3 Å². The van der Waals surface area contributed by atoms with E-state index < -0.39 is 0 Å². The van der Waals surface area contributed by atoms with Crippen LogP contribution in [-0.2, 0) is 0 Å². The lowest BCUT2D eigenvalue weighted by Crippen LogP contribution is -1.91. The predicted octanol–water partition coefficient (Wildman–Crippen LogP) is 0.825. The molecule has 0 fully saturated rings. The maximum atomic E-state index is 5.47. The summed E-state index contributed by atoms with van der Waals surface area (Å²) in [5.41, 5.74) is 5.78. The zero-order valence-electron chi connectivity index (χ0n) is 7.76. The Kier molecular flexibility index (Phi) is 1.91. The lowest BCUT2D eigenvalue weighted by atomic mass is 10.2. The van der Waals surface area contributed by atoms with E-state index in [1.54, 1.807) is 0 Å². The summed E-state index contributed by atoms with van der Waals surface area (Å²) in [5, 5.41) is 10.7. The van der Waals surface area contributed by atoms with Crippen molar-refractivity contribution in [1.82, 2.24) is 20.5 Å². The second-order valence-corrected chi connectivity index (χ2v) is 3.11. The molecule has 0 unspecified atom stereocenters. The first-order chi connectivity index (χ1) is 6.68. The molecule has 7 heteroatoms. The lowest BCUT2D eigenvalue weighted by Gasteiger charge is -1.91. The molecule has 0 bridgehead atoms. The van der Waals surface area contributed by atoms with Gasteiger partial charge in [-0.2, -0.15) is 4.98 Å². The Bertz CT molecular complexity index is 433. The smallest absolute Gasteiger partial charge is 0.229 e. The standard InChI is InChI=1S/C7H9N5O2/c1-3(2)7-9-6(12-13-7)4-5(8)11-14-10-4/h3H,1-2H3,(H2,8,11).